The van der Waals surface area contributed by atoms with E-state index in [1.165, 1.54) is 30.3 Å². The fraction of sp³-hybridized carbons (Fsp3) is 0.0769. The third-order valence-electron chi connectivity index (χ3n) is 5.18. The van der Waals surface area contributed by atoms with Crippen molar-refractivity contribution in [1.82, 2.24) is 4.98 Å². The summed E-state index contributed by atoms with van der Waals surface area (Å²) in [6.45, 7) is -0.440. The average Bonchev–Trinajstić information content (AvgIpc) is 2.84. The highest BCUT2D eigenvalue weighted by Gasteiger charge is 2.27. The number of carbonyl (C=O) groups excluding carboxylic acids is 1. The lowest BCUT2D eigenvalue weighted by Gasteiger charge is -2.24. The van der Waals surface area contributed by atoms with E-state index >= 15 is 0 Å². The Morgan fingerprint density at radius 2 is 1.49 bits per heavy atom. The van der Waals surface area contributed by atoms with Crippen LogP contribution in [-0.4, -0.2) is 25.9 Å². The number of carbonyl (C=O) groups is 1. The second-order valence-corrected chi connectivity index (χ2v) is 10.5. The Bertz CT molecular complexity index is 1410. The molecule has 0 aliphatic rings. The Balaban J connectivity index is 1.53. The number of nitrogens with zero attached hydrogens (tertiary/aromatic N) is 2. The summed E-state index contributed by atoms with van der Waals surface area (Å²) < 4.78 is 27.9. The minimum absolute atomic E-state index is 0.00939. The molecule has 1 amide bonds. The maximum absolute atomic E-state index is 13.4. The molecule has 178 valence electrons. The predicted octanol–water partition coefficient (Wildman–Crippen LogP) is 5.81. The average molecular weight is 526 g/mol. The first-order valence-corrected chi connectivity index (χ1v) is 12.8. The molecule has 0 saturated carbocycles. The van der Waals surface area contributed by atoms with Gasteiger partial charge < -0.3 is 5.32 Å². The van der Waals surface area contributed by atoms with E-state index in [1.54, 1.807) is 42.7 Å². The second kappa shape index (κ2) is 10.9. The molecule has 0 spiro atoms. The van der Waals surface area contributed by atoms with Gasteiger partial charge in [-0.2, -0.15) is 0 Å². The summed E-state index contributed by atoms with van der Waals surface area (Å²) >= 11 is 12.0. The van der Waals surface area contributed by atoms with Gasteiger partial charge in [-0.3, -0.25) is 14.1 Å². The van der Waals surface area contributed by atoms with E-state index in [0.717, 1.165) is 21.9 Å². The molecule has 0 unspecified atom stereocenters. The summed E-state index contributed by atoms with van der Waals surface area (Å²) in [5, 5.41) is 3.53. The number of halogens is 2. The molecular formula is C26H21Cl2N3O3S. The molecule has 9 heteroatoms. The monoisotopic (exact) mass is 525 g/mol. The molecule has 0 saturated heterocycles. The molecule has 1 heterocycles. The number of pyridine rings is 1. The van der Waals surface area contributed by atoms with Crippen LogP contribution in [-0.2, 0) is 21.2 Å². The van der Waals surface area contributed by atoms with Crippen molar-refractivity contribution in [1.29, 1.82) is 0 Å². The molecule has 35 heavy (non-hydrogen) atoms. The van der Waals surface area contributed by atoms with Crippen LogP contribution < -0.4 is 9.62 Å². The first-order valence-electron chi connectivity index (χ1n) is 10.6. The van der Waals surface area contributed by atoms with Crippen molar-refractivity contribution in [2.24, 2.45) is 0 Å². The van der Waals surface area contributed by atoms with Crippen molar-refractivity contribution < 1.29 is 13.2 Å². The minimum atomic E-state index is -4.07. The lowest BCUT2D eigenvalue weighted by atomic mass is 10.1. The number of hydrogen-bond acceptors (Lipinski definition) is 4. The van der Waals surface area contributed by atoms with Gasteiger partial charge >= 0.3 is 0 Å². The van der Waals surface area contributed by atoms with Gasteiger partial charge in [0, 0.05) is 28.1 Å². The summed E-state index contributed by atoms with van der Waals surface area (Å²) in [5.74, 6) is -0.496. The molecule has 0 radical (unpaired) electrons. The van der Waals surface area contributed by atoms with Crippen LogP contribution in [0.25, 0.3) is 0 Å². The summed E-state index contributed by atoms with van der Waals surface area (Å²) in [7, 11) is -4.07. The second-order valence-electron chi connectivity index (χ2n) is 7.72. The number of amides is 1. The molecule has 0 bridgehead atoms. The lowest BCUT2D eigenvalue weighted by Crippen LogP contribution is -2.38. The SMILES string of the molecule is O=C(CN(c1cccc(Cl)c1)S(=O)(=O)c1ccc(Cl)cc1)Nc1ccc(Cc2ccncc2)cc1. The molecule has 6 nitrogen and oxygen atoms in total. The topological polar surface area (TPSA) is 79.4 Å². The van der Waals surface area contributed by atoms with Crippen LogP contribution in [0.5, 0.6) is 0 Å². The van der Waals surface area contributed by atoms with E-state index in [9.17, 15) is 13.2 Å². The predicted molar refractivity (Wildman–Crippen MR) is 140 cm³/mol. The quantitative estimate of drug-likeness (QED) is 0.314. The zero-order chi connectivity index (χ0) is 24.8. The number of benzene rings is 3. The zero-order valence-corrected chi connectivity index (χ0v) is 20.8. The highest BCUT2D eigenvalue weighted by Crippen LogP contribution is 2.27. The number of nitrogens with one attached hydrogen (secondary N) is 1. The van der Waals surface area contributed by atoms with Gasteiger partial charge in [-0.1, -0.05) is 41.4 Å². The van der Waals surface area contributed by atoms with Gasteiger partial charge in [-0.25, -0.2) is 8.42 Å². The van der Waals surface area contributed by atoms with Crippen molar-refractivity contribution in [2.45, 2.75) is 11.3 Å². The van der Waals surface area contributed by atoms with E-state index < -0.39 is 22.5 Å². The molecule has 1 aromatic heterocycles. The Hall–Kier alpha value is -3.39. The van der Waals surface area contributed by atoms with Gasteiger partial charge in [0.1, 0.15) is 6.54 Å². The maximum atomic E-state index is 13.4. The van der Waals surface area contributed by atoms with E-state index in [0.29, 0.717) is 15.7 Å². The standard InChI is InChI=1S/C26H21Cl2N3O3S/c27-21-6-10-25(11-7-21)35(33,34)31(24-3-1-2-22(28)17-24)18-26(32)30-23-8-4-19(5-9-23)16-20-12-14-29-15-13-20/h1-15,17H,16,18H2,(H,30,32). The minimum Gasteiger partial charge on any atom is -0.325 e. The van der Waals surface area contributed by atoms with Crippen LogP contribution >= 0.6 is 23.2 Å². The molecule has 3 aromatic carbocycles. The zero-order valence-electron chi connectivity index (χ0n) is 18.4. The summed E-state index contributed by atoms with van der Waals surface area (Å²) in [6.07, 6.45) is 4.22. The van der Waals surface area contributed by atoms with Gasteiger partial charge in [0.25, 0.3) is 10.0 Å². The van der Waals surface area contributed by atoms with Crippen LogP contribution in [0.15, 0.2) is 102 Å². The number of aromatic nitrogens is 1. The van der Waals surface area contributed by atoms with Crippen molar-refractivity contribution in [2.75, 3.05) is 16.2 Å². The van der Waals surface area contributed by atoms with Crippen molar-refractivity contribution in [3.8, 4) is 0 Å². The van der Waals surface area contributed by atoms with E-state index in [-0.39, 0.29) is 10.6 Å². The Kier molecular flexibility index (Phi) is 7.70. The van der Waals surface area contributed by atoms with Crippen molar-refractivity contribution >= 4 is 50.5 Å². The van der Waals surface area contributed by atoms with Crippen LogP contribution in [0.3, 0.4) is 0 Å². The van der Waals surface area contributed by atoms with E-state index in [1.807, 2.05) is 24.3 Å². The van der Waals surface area contributed by atoms with Crippen molar-refractivity contribution in [3.63, 3.8) is 0 Å². The van der Waals surface area contributed by atoms with Gasteiger partial charge in [0.2, 0.25) is 5.91 Å². The fourth-order valence-corrected chi connectivity index (χ4v) is 5.18. The molecule has 0 aliphatic carbocycles. The molecule has 0 aliphatic heterocycles. The van der Waals surface area contributed by atoms with E-state index in [4.69, 9.17) is 23.2 Å². The highest BCUT2D eigenvalue weighted by molar-refractivity contribution is 7.92. The lowest BCUT2D eigenvalue weighted by molar-refractivity contribution is -0.114. The first kappa shape index (κ1) is 24.7. The smallest absolute Gasteiger partial charge is 0.264 e. The van der Waals surface area contributed by atoms with Gasteiger partial charge in [-0.05, 0) is 84.3 Å². The number of sulfonamides is 1. The van der Waals surface area contributed by atoms with Crippen LogP contribution in [0.4, 0.5) is 11.4 Å². The number of hydrogen-bond donors (Lipinski definition) is 1. The maximum Gasteiger partial charge on any atom is 0.264 e. The van der Waals surface area contributed by atoms with Gasteiger partial charge in [0.05, 0.1) is 10.6 Å². The Morgan fingerprint density at radius 1 is 0.829 bits per heavy atom. The molecular weight excluding hydrogens is 505 g/mol. The Labute approximate surface area is 214 Å². The number of anilines is 2. The molecule has 0 atom stereocenters. The van der Waals surface area contributed by atoms with Gasteiger partial charge in [-0.15, -0.1) is 0 Å². The first-order chi connectivity index (χ1) is 16.8. The largest absolute Gasteiger partial charge is 0.325 e. The highest BCUT2D eigenvalue weighted by atomic mass is 35.5. The number of rotatable bonds is 8. The molecule has 4 aromatic rings. The third-order valence-corrected chi connectivity index (χ3v) is 7.46. The molecule has 4 rings (SSSR count). The van der Waals surface area contributed by atoms with Crippen LogP contribution in [0.1, 0.15) is 11.1 Å². The van der Waals surface area contributed by atoms with Crippen LogP contribution in [0, 0.1) is 0 Å². The summed E-state index contributed by atoms with van der Waals surface area (Å²) in [6, 6.07) is 23.4. The third kappa shape index (κ3) is 6.39. The van der Waals surface area contributed by atoms with Crippen LogP contribution in [0.2, 0.25) is 10.0 Å². The molecule has 1 N–H and O–H groups in total. The van der Waals surface area contributed by atoms with Gasteiger partial charge in [0.15, 0.2) is 0 Å². The summed E-state index contributed by atoms with van der Waals surface area (Å²) in [4.78, 5) is 16.9. The molecule has 0 fully saturated rings. The van der Waals surface area contributed by atoms with Crippen molar-refractivity contribution in [3.05, 3.63) is 118 Å². The summed E-state index contributed by atoms with van der Waals surface area (Å²) in [5.41, 5.74) is 3.03. The normalized spacial score (nSPS) is 11.1. The fourth-order valence-electron chi connectivity index (χ4n) is 3.45. The van der Waals surface area contributed by atoms with E-state index in [2.05, 4.69) is 10.3 Å². The Morgan fingerprint density at radius 3 is 2.14 bits per heavy atom.